The number of rotatable bonds is 8. The third-order valence-corrected chi connectivity index (χ3v) is 3.26. The number of carbonyl (C=O) groups excluding carboxylic acids is 2. The van der Waals surface area contributed by atoms with Crippen LogP contribution in [0.4, 0.5) is 0 Å². The van der Waals surface area contributed by atoms with E-state index in [1.165, 1.54) is 32.1 Å². The van der Waals surface area contributed by atoms with Gasteiger partial charge in [0, 0.05) is 5.57 Å². The molecule has 0 spiro atoms. The molecular weight excluding hydrogens is 216 g/mol. The largest absolute Gasteiger partial charge is 0.389 e. The van der Waals surface area contributed by atoms with E-state index in [0.717, 1.165) is 12.8 Å². The summed E-state index contributed by atoms with van der Waals surface area (Å²) in [7, 11) is 0. The van der Waals surface area contributed by atoms with Gasteiger partial charge in [0.15, 0.2) is 0 Å². The summed E-state index contributed by atoms with van der Waals surface area (Å²) in [5.74, 6) is -1.33. The van der Waals surface area contributed by atoms with Crippen molar-refractivity contribution in [3.63, 3.8) is 0 Å². The molecule has 1 aliphatic rings. The molecule has 1 heterocycles. The van der Waals surface area contributed by atoms with Gasteiger partial charge in [-0.15, -0.1) is 0 Å². The minimum absolute atomic E-state index is 0.334. The van der Waals surface area contributed by atoms with Crippen molar-refractivity contribution in [3.05, 3.63) is 12.2 Å². The van der Waals surface area contributed by atoms with Crippen LogP contribution in [0.1, 0.15) is 58.3 Å². The molecule has 17 heavy (non-hydrogen) atoms. The maximum absolute atomic E-state index is 11.3. The first-order chi connectivity index (χ1) is 8.16. The molecule has 0 aromatic rings. The molecule has 1 fully saturated rings. The predicted molar refractivity (Wildman–Crippen MR) is 66.3 cm³/mol. The van der Waals surface area contributed by atoms with Gasteiger partial charge in [-0.25, -0.2) is 4.79 Å². The number of hydrogen-bond donors (Lipinski definition) is 0. The molecule has 0 aliphatic carbocycles. The number of carbonyl (C=O) groups is 2. The summed E-state index contributed by atoms with van der Waals surface area (Å²) >= 11 is 0. The summed E-state index contributed by atoms with van der Waals surface area (Å²) in [6.07, 6.45) is 9.14. The number of ether oxygens (including phenoxy) is 1. The monoisotopic (exact) mass is 238 g/mol. The van der Waals surface area contributed by atoms with Crippen LogP contribution >= 0.6 is 0 Å². The Labute approximate surface area is 103 Å². The SMILES string of the molecule is C=C1C(=O)OC(=O)C1CCCCCCCCC. The first-order valence-corrected chi connectivity index (χ1v) is 6.61. The Balaban J connectivity index is 2.08. The van der Waals surface area contributed by atoms with E-state index < -0.39 is 11.9 Å². The van der Waals surface area contributed by atoms with Crippen molar-refractivity contribution >= 4 is 11.9 Å². The minimum atomic E-state index is -0.539. The number of unbranched alkanes of at least 4 members (excludes halogenated alkanes) is 6. The highest BCUT2D eigenvalue weighted by molar-refractivity contribution is 6.06. The fourth-order valence-corrected chi connectivity index (χ4v) is 2.11. The molecule has 0 aromatic carbocycles. The fraction of sp³-hybridized carbons (Fsp3) is 0.714. The van der Waals surface area contributed by atoms with Crippen LogP contribution < -0.4 is 0 Å². The average molecular weight is 238 g/mol. The molecule has 0 amide bonds. The fourth-order valence-electron chi connectivity index (χ4n) is 2.11. The summed E-state index contributed by atoms with van der Waals surface area (Å²) in [5, 5.41) is 0. The number of hydrogen-bond acceptors (Lipinski definition) is 3. The van der Waals surface area contributed by atoms with Gasteiger partial charge in [0.1, 0.15) is 0 Å². The lowest BCUT2D eigenvalue weighted by atomic mass is 9.95. The Hall–Kier alpha value is -1.12. The molecule has 3 heteroatoms. The zero-order valence-corrected chi connectivity index (χ0v) is 10.7. The minimum Gasteiger partial charge on any atom is -0.389 e. The van der Waals surface area contributed by atoms with E-state index in [1.54, 1.807) is 0 Å². The molecule has 0 bridgehead atoms. The van der Waals surface area contributed by atoms with Gasteiger partial charge in [0.2, 0.25) is 0 Å². The van der Waals surface area contributed by atoms with Crippen molar-refractivity contribution < 1.29 is 14.3 Å². The van der Waals surface area contributed by atoms with Gasteiger partial charge in [-0.1, -0.05) is 58.4 Å². The van der Waals surface area contributed by atoms with Gasteiger partial charge in [-0.05, 0) is 6.42 Å². The van der Waals surface area contributed by atoms with E-state index >= 15 is 0 Å². The van der Waals surface area contributed by atoms with E-state index in [-0.39, 0.29) is 5.92 Å². The summed E-state index contributed by atoms with van der Waals surface area (Å²) < 4.78 is 4.52. The van der Waals surface area contributed by atoms with Crippen LogP contribution in [0.3, 0.4) is 0 Å². The summed E-state index contributed by atoms with van der Waals surface area (Å²) in [4.78, 5) is 22.4. The van der Waals surface area contributed by atoms with Crippen LogP contribution in [-0.2, 0) is 14.3 Å². The van der Waals surface area contributed by atoms with E-state index in [1.807, 2.05) is 0 Å². The van der Waals surface area contributed by atoms with E-state index in [4.69, 9.17) is 0 Å². The van der Waals surface area contributed by atoms with Crippen molar-refractivity contribution in [2.24, 2.45) is 5.92 Å². The van der Waals surface area contributed by atoms with E-state index in [2.05, 4.69) is 18.2 Å². The molecule has 1 rings (SSSR count). The van der Waals surface area contributed by atoms with Gasteiger partial charge in [0.05, 0.1) is 5.92 Å². The second-order valence-corrected chi connectivity index (χ2v) is 4.70. The lowest BCUT2D eigenvalue weighted by Gasteiger charge is -2.05. The van der Waals surface area contributed by atoms with Crippen molar-refractivity contribution in [1.29, 1.82) is 0 Å². The van der Waals surface area contributed by atoms with Gasteiger partial charge in [0.25, 0.3) is 0 Å². The maximum atomic E-state index is 11.3. The summed E-state index contributed by atoms with van der Waals surface area (Å²) in [6.45, 7) is 5.81. The third kappa shape index (κ3) is 4.33. The summed E-state index contributed by atoms with van der Waals surface area (Å²) in [6, 6.07) is 0. The normalized spacial score (nSPS) is 19.8. The standard InChI is InChI=1S/C14H22O3/c1-3-4-5-6-7-8-9-10-12-11(2)13(15)17-14(12)16/h12H,2-10H2,1H3. The number of cyclic esters (lactones) is 2. The van der Waals surface area contributed by atoms with Gasteiger partial charge >= 0.3 is 11.9 Å². The van der Waals surface area contributed by atoms with Gasteiger partial charge in [-0.3, -0.25) is 4.79 Å². The zero-order valence-electron chi connectivity index (χ0n) is 10.7. The smallest absolute Gasteiger partial charge is 0.341 e. The van der Waals surface area contributed by atoms with Crippen molar-refractivity contribution in [1.82, 2.24) is 0 Å². The topological polar surface area (TPSA) is 43.4 Å². The maximum Gasteiger partial charge on any atom is 0.341 e. The molecule has 1 aliphatic heterocycles. The quantitative estimate of drug-likeness (QED) is 0.282. The Morgan fingerprint density at radius 1 is 1.06 bits per heavy atom. The van der Waals surface area contributed by atoms with Gasteiger partial charge < -0.3 is 4.74 Å². The zero-order chi connectivity index (χ0) is 12.7. The molecule has 3 nitrogen and oxygen atoms in total. The molecule has 1 atom stereocenters. The lowest BCUT2D eigenvalue weighted by Crippen LogP contribution is -2.08. The van der Waals surface area contributed by atoms with Crippen molar-refractivity contribution in [3.8, 4) is 0 Å². The third-order valence-electron chi connectivity index (χ3n) is 3.26. The molecular formula is C14H22O3. The molecule has 0 radical (unpaired) electrons. The summed E-state index contributed by atoms with van der Waals surface area (Å²) in [5.41, 5.74) is 0.334. The van der Waals surface area contributed by atoms with Crippen LogP contribution in [0.15, 0.2) is 12.2 Å². The average Bonchev–Trinajstić information content (AvgIpc) is 2.54. The van der Waals surface area contributed by atoms with Crippen molar-refractivity contribution in [2.45, 2.75) is 58.3 Å². The van der Waals surface area contributed by atoms with Crippen molar-refractivity contribution in [2.75, 3.05) is 0 Å². The predicted octanol–water partition coefficient (Wildman–Crippen LogP) is 3.38. The first kappa shape index (κ1) is 13.9. The highest BCUT2D eigenvalue weighted by Crippen LogP contribution is 2.26. The van der Waals surface area contributed by atoms with Crippen LogP contribution in [0, 0.1) is 5.92 Å². The number of esters is 2. The molecule has 96 valence electrons. The van der Waals surface area contributed by atoms with E-state index in [0.29, 0.717) is 12.0 Å². The Morgan fingerprint density at radius 3 is 2.18 bits per heavy atom. The Bertz CT molecular complexity index is 294. The highest BCUT2D eigenvalue weighted by Gasteiger charge is 2.36. The Morgan fingerprint density at radius 2 is 1.65 bits per heavy atom. The van der Waals surface area contributed by atoms with Gasteiger partial charge in [-0.2, -0.15) is 0 Å². The highest BCUT2D eigenvalue weighted by atomic mass is 16.6. The second-order valence-electron chi connectivity index (χ2n) is 4.70. The Kier molecular flexibility index (Phi) is 5.95. The molecule has 1 unspecified atom stereocenters. The van der Waals surface area contributed by atoms with Crippen LogP contribution in [0.5, 0.6) is 0 Å². The molecule has 1 saturated heterocycles. The molecule has 0 saturated carbocycles. The van der Waals surface area contributed by atoms with Crippen LogP contribution in [0.25, 0.3) is 0 Å². The molecule has 0 N–H and O–H groups in total. The second kappa shape index (κ2) is 7.25. The molecule has 0 aromatic heterocycles. The van der Waals surface area contributed by atoms with Crippen LogP contribution in [0.2, 0.25) is 0 Å². The lowest BCUT2D eigenvalue weighted by molar-refractivity contribution is -0.152. The first-order valence-electron chi connectivity index (χ1n) is 6.61. The van der Waals surface area contributed by atoms with E-state index in [9.17, 15) is 9.59 Å². The van der Waals surface area contributed by atoms with Crippen LogP contribution in [-0.4, -0.2) is 11.9 Å².